The van der Waals surface area contributed by atoms with Gasteiger partial charge in [0.15, 0.2) is 0 Å². The van der Waals surface area contributed by atoms with Gasteiger partial charge in [-0.1, -0.05) is 59.6 Å². The monoisotopic (exact) mass is 494 g/mol. The standard InChI is InChI=1S/C24H28Cl2N2O5/c1-15-13-31-24(32-15,18-11-10-17(25)12-19(18)26)14-27-21(29)20(16-8-6-5-7-9-16)28-22(30)33-23(2,3)4/h5-12,15,20H,13-14H2,1-4H3,(H,27,29)(H,28,30). The van der Waals surface area contributed by atoms with E-state index < -0.39 is 29.4 Å². The summed E-state index contributed by atoms with van der Waals surface area (Å²) in [5.41, 5.74) is 0.439. The molecule has 1 heterocycles. The molecule has 0 bridgehead atoms. The first kappa shape index (κ1) is 25.3. The van der Waals surface area contributed by atoms with E-state index in [2.05, 4.69) is 10.6 Å². The Morgan fingerprint density at radius 3 is 2.45 bits per heavy atom. The maximum Gasteiger partial charge on any atom is 0.408 e. The van der Waals surface area contributed by atoms with Gasteiger partial charge in [0.25, 0.3) is 0 Å². The third-order valence-electron chi connectivity index (χ3n) is 4.84. The molecule has 0 aliphatic carbocycles. The topological polar surface area (TPSA) is 85.9 Å². The van der Waals surface area contributed by atoms with Crippen LogP contribution in [0.1, 0.15) is 44.9 Å². The largest absolute Gasteiger partial charge is 0.444 e. The number of ether oxygens (including phenoxy) is 3. The molecule has 7 nitrogen and oxygen atoms in total. The minimum Gasteiger partial charge on any atom is -0.444 e. The zero-order valence-electron chi connectivity index (χ0n) is 19.0. The smallest absolute Gasteiger partial charge is 0.408 e. The normalized spacial score (nSPS) is 21.3. The van der Waals surface area contributed by atoms with Gasteiger partial charge in [0.1, 0.15) is 11.6 Å². The molecular formula is C24H28Cl2N2O5. The Bertz CT molecular complexity index is 996. The number of halogens is 2. The lowest BCUT2D eigenvalue weighted by atomic mass is 10.0. The van der Waals surface area contributed by atoms with E-state index in [0.29, 0.717) is 27.8 Å². The molecule has 2 amide bonds. The first-order valence-electron chi connectivity index (χ1n) is 10.6. The number of nitrogens with one attached hydrogen (secondary N) is 2. The summed E-state index contributed by atoms with van der Waals surface area (Å²) in [6.07, 6.45) is -0.914. The van der Waals surface area contributed by atoms with E-state index in [0.717, 1.165) is 0 Å². The second-order valence-electron chi connectivity index (χ2n) is 8.82. The average molecular weight is 495 g/mol. The molecule has 1 saturated heterocycles. The number of alkyl carbamates (subject to hydrolysis) is 1. The quantitative estimate of drug-likeness (QED) is 0.592. The van der Waals surface area contributed by atoms with Crippen molar-refractivity contribution in [1.29, 1.82) is 0 Å². The summed E-state index contributed by atoms with van der Waals surface area (Å²) in [4.78, 5) is 25.7. The summed E-state index contributed by atoms with van der Waals surface area (Å²) in [6.45, 7) is 7.41. The van der Waals surface area contributed by atoms with Gasteiger partial charge in [-0.15, -0.1) is 0 Å². The van der Waals surface area contributed by atoms with Crippen LogP contribution >= 0.6 is 23.2 Å². The Morgan fingerprint density at radius 2 is 1.88 bits per heavy atom. The second kappa shape index (κ2) is 10.3. The van der Waals surface area contributed by atoms with Crippen LogP contribution in [-0.4, -0.2) is 36.9 Å². The molecule has 3 atom stereocenters. The zero-order valence-corrected chi connectivity index (χ0v) is 20.5. The molecule has 3 rings (SSSR count). The van der Waals surface area contributed by atoms with Crippen molar-refractivity contribution < 1.29 is 23.8 Å². The molecule has 0 saturated carbocycles. The lowest BCUT2D eigenvalue weighted by Crippen LogP contribution is -2.47. The molecule has 0 aromatic heterocycles. The van der Waals surface area contributed by atoms with Crippen LogP contribution in [0.3, 0.4) is 0 Å². The predicted octanol–water partition coefficient (Wildman–Crippen LogP) is 4.96. The van der Waals surface area contributed by atoms with Crippen LogP contribution < -0.4 is 10.6 Å². The van der Waals surface area contributed by atoms with Crippen LogP contribution in [0.4, 0.5) is 4.79 Å². The number of hydrogen-bond acceptors (Lipinski definition) is 5. The fourth-order valence-corrected chi connectivity index (χ4v) is 4.00. The van der Waals surface area contributed by atoms with Crippen molar-refractivity contribution in [3.8, 4) is 0 Å². The molecule has 178 valence electrons. The average Bonchev–Trinajstić information content (AvgIpc) is 3.11. The van der Waals surface area contributed by atoms with Crippen molar-refractivity contribution in [2.75, 3.05) is 13.2 Å². The van der Waals surface area contributed by atoms with Crippen molar-refractivity contribution in [3.05, 3.63) is 69.7 Å². The van der Waals surface area contributed by atoms with Gasteiger partial charge < -0.3 is 24.8 Å². The molecule has 9 heteroatoms. The van der Waals surface area contributed by atoms with Gasteiger partial charge in [-0.3, -0.25) is 4.79 Å². The Kier molecular flexibility index (Phi) is 7.90. The Balaban J connectivity index is 1.82. The second-order valence-corrected chi connectivity index (χ2v) is 9.67. The predicted molar refractivity (Wildman–Crippen MR) is 126 cm³/mol. The molecule has 2 N–H and O–H groups in total. The summed E-state index contributed by atoms with van der Waals surface area (Å²) in [6, 6.07) is 12.9. The van der Waals surface area contributed by atoms with E-state index in [-0.39, 0.29) is 12.6 Å². The van der Waals surface area contributed by atoms with E-state index in [1.54, 1.807) is 63.2 Å². The van der Waals surface area contributed by atoms with Gasteiger partial charge in [0, 0.05) is 10.6 Å². The number of hydrogen-bond donors (Lipinski definition) is 2. The highest BCUT2D eigenvalue weighted by Crippen LogP contribution is 2.38. The van der Waals surface area contributed by atoms with Gasteiger partial charge in [0.2, 0.25) is 11.7 Å². The molecule has 2 aromatic rings. The van der Waals surface area contributed by atoms with E-state index in [9.17, 15) is 9.59 Å². The number of benzene rings is 2. The van der Waals surface area contributed by atoms with Crippen molar-refractivity contribution in [2.45, 2.75) is 51.2 Å². The summed E-state index contributed by atoms with van der Waals surface area (Å²) in [5.74, 6) is -1.74. The van der Waals surface area contributed by atoms with E-state index in [1.807, 2.05) is 13.0 Å². The van der Waals surface area contributed by atoms with E-state index in [4.69, 9.17) is 37.4 Å². The molecule has 33 heavy (non-hydrogen) atoms. The van der Waals surface area contributed by atoms with Gasteiger partial charge >= 0.3 is 6.09 Å². The Hall–Kier alpha value is -2.32. The van der Waals surface area contributed by atoms with E-state index in [1.165, 1.54) is 0 Å². The third kappa shape index (κ3) is 6.60. The first-order valence-corrected chi connectivity index (χ1v) is 11.3. The highest BCUT2D eigenvalue weighted by Gasteiger charge is 2.44. The van der Waals surface area contributed by atoms with Gasteiger partial charge in [-0.05, 0) is 45.4 Å². The van der Waals surface area contributed by atoms with Crippen LogP contribution in [0.15, 0.2) is 48.5 Å². The molecular weight excluding hydrogens is 467 g/mol. The van der Waals surface area contributed by atoms with Crippen LogP contribution in [0.25, 0.3) is 0 Å². The lowest BCUT2D eigenvalue weighted by molar-refractivity contribution is -0.173. The third-order valence-corrected chi connectivity index (χ3v) is 5.38. The van der Waals surface area contributed by atoms with Crippen LogP contribution in [0.2, 0.25) is 10.0 Å². The van der Waals surface area contributed by atoms with Crippen LogP contribution in [-0.2, 0) is 24.8 Å². The van der Waals surface area contributed by atoms with Crippen LogP contribution in [0.5, 0.6) is 0 Å². The molecule has 1 aliphatic heterocycles. The SMILES string of the molecule is CC1COC(CNC(=O)C(NC(=O)OC(C)(C)C)c2ccccc2)(c2ccc(Cl)cc2Cl)O1. The minimum atomic E-state index is -1.29. The minimum absolute atomic E-state index is 0.0309. The lowest BCUT2D eigenvalue weighted by Gasteiger charge is -2.30. The van der Waals surface area contributed by atoms with Crippen LogP contribution in [0, 0.1) is 0 Å². The Labute approximate surface area is 203 Å². The summed E-state index contributed by atoms with van der Waals surface area (Å²) < 4.78 is 17.4. The molecule has 3 unspecified atom stereocenters. The van der Waals surface area contributed by atoms with Gasteiger partial charge in [-0.25, -0.2) is 4.79 Å². The molecule has 0 spiro atoms. The van der Waals surface area contributed by atoms with Gasteiger partial charge in [-0.2, -0.15) is 0 Å². The highest BCUT2D eigenvalue weighted by molar-refractivity contribution is 6.35. The highest BCUT2D eigenvalue weighted by atomic mass is 35.5. The summed E-state index contributed by atoms with van der Waals surface area (Å²) >= 11 is 12.5. The maximum absolute atomic E-state index is 13.2. The molecule has 0 radical (unpaired) electrons. The van der Waals surface area contributed by atoms with E-state index >= 15 is 0 Å². The van der Waals surface area contributed by atoms with Crippen molar-refractivity contribution in [1.82, 2.24) is 10.6 Å². The van der Waals surface area contributed by atoms with Gasteiger partial charge in [0.05, 0.1) is 24.3 Å². The fraction of sp³-hybridized carbons (Fsp3) is 0.417. The molecule has 1 fully saturated rings. The number of carbonyl (C=O) groups is 2. The van der Waals surface area contributed by atoms with Crippen molar-refractivity contribution in [2.24, 2.45) is 0 Å². The zero-order chi connectivity index (χ0) is 24.2. The Morgan fingerprint density at radius 1 is 1.18 bits per heavy atom. The fourth-order valence-electron chi connectivity index (χ4n) is 3.45. The number of carbonyl (C=O) groups excluding carboxylic acids is 2. The van der Waals surface area contributed by atoms with Crippen molar-refractivity contribution in [3.63, 3.8) is 0 Å². The molecule has 2 aromatic carbocycles. The maximum atomic E-state index is 13.2. The first-order chi connectivity index (χ1) is 15.5. The number of rotatable bonds is 6. The summed E-state index contributed by atoms with van der Waals surface area (Å²) in [7, 11) is 0. The number of amides is 2. The van der Waals surface area contributed by atoms with Crippen molar-refractivity contribution >= 4 is 35.2 Å². The summed E-state index contributed by atoms with van der Waals surface area (Å²) in [5, 5.41) is 6.32. The molecule has 1 aliphatic rings.